The number of carbonyl (C=O) groups is 1. The minimum atomic E-state index is -0.107. The van der Waals surface area contributed by atoms with Crippen LogP contribution in [0.3, 0.4) is 0 Å². The van der Waals surface area contributed by atoms with Gasteiger partial charge in [-0.2, -0.15) is 0 Å². The lowest BCUT2D eigenvalue weighted by molar-refractivity contribution is 0.103. The van der Waals surface area contributed by atoms with E-state index in [1.54, 1.807) is 0 Å². The molecule has 68 heavy (non-hydrogen) atoms. The monoisotopic (exact) mass is 866 g/mol. The van der Waals surface area contributed by atoms with Gasteiger partial charge in [0.2, 0.25) is 0 Å². The Hall–Kier alpha value is -8.80. The molecular weight excluding hydrogens is 826 g/mol. The summed E-state index contributed by atoms with van der Waals surface area (Å²) in [6, 6.07) is 86.1. The van der Waals surface area contributed by atoms with Crippen molar-refractivity contribution in [3.05, 3.63) is 254 Å². The summed E-state index contributed by atoms with van der Waals surface area (Å²) in [4.78, 5) is 25.0. The first-order chi connectivity index (χ1) is 33.7. The second kappa shape index (κ2) is 15.1. The first-order valence-electron chi connectivity index (χ1n) is 23.4. The van der Waals surface area contributed by atoms with Gasteiger partial charge in [0.15, 0.2) is 5.78 Å². The maximum atomic E-state index is 15.5. The van der Waals surface area contributed by atoms with Gasteiger partial charge in [0, 0.05) is 79.4 Å². The average Bonchev–Trinajstić information content (AvgIpc) is 3.41. The fourth-order valence-corrected chi connectivity index (χ4v) is 11.6. The lowest BCUT2D eigenvalue weighted by Crippen LogP contribution is -2.61. The molecule has 0 aromatic heterocycles. The van der Waals surface area contributed by atoms with E-state index >= 15 is 4.79 Å². The van der Waals surface area contributed by atoms with Gasteiger partial charge in [-0.1, -0.05) is 133 Å². The van der Waals surface area contributed by atoms with Crippen molar-refractivity contribution in [2.45, 2.75) is 0 Å². The number of ketones is 1. The molecule has 4 heterocycles. The second-order valence-corrected chi connectivity index (χ2v) is 18.0. The van der Waals surface area contributed by atoms with E-state index in [9.17, 15) is 0 Å². The lowest BCUT2D eigenvalue weighted by Gasteiger charge is -2.44. The smallest absolute Gasteiger partial charge is 0.252 e. The van der Waals surface area contributed by atoms with E-state index in [0.29, 0.717) is 11.1 Å². The summed E-state index contributed by atoms with van der Waals surface area (Å²) in [5, 5.41) is 0. The molecule has 4 aliphatic heterocycles. The van der Waals surface area contributed by atoms with Gasteiger partial charge in [-0.05, 0) is 142 Å². The maximum Gasteiger partial charge on any atom is 0.252 e. The molecule has 0 saturated carbocycles. The van der Waals surface area contributed by atoms with Crippen molar-refractivity contribution >= 4 is 120 Å². The Bertz CT molecular complexity index is 3380. The van der Waals surface area contributed by atoms with Crippen LogP contribution < -0.4 is 52.4 Å². The normalized spacial score (nSPS) is 13.5. The number of nitrogens with zero attached hydrogens (tertiary/aromatic N) is 4. The molecule has 0 atom stereocenters. The number of hydrogen-bond acceptors (Lipinski definition) is 5. The Morgan fingerprint density at radius 1 is 0.265 bits per heavy atom. The molecule has 0 bridgehead atoms. The molecule has 0 aliphatic carbocycles. The largest absolute Gasteiger partial charge is 0.311 e. The van der Waals surface area contributed by atoms with Crippen LogP contribution in [-0.4, -0.2) is 19.2 Å². The Kier molecular flexibility index (Phi) is 8.56. The van der Waals surface area contributed by atoms with Crippen molar-refractivity contribution in [3.63, 3.8) is 0 Å². The third-order valence-electron chi connectivity index (χ3n) is 14.4. The summed E-state index contributed by atoms with van der Waals surface area (Å²) in [5.41, 5.74) is 21.7. The molecular formula is C61H40B2N4O. The predicted octanol–water partition coefficient (Wildman–Crippen LogP) is 11.1. The Morgan fingerprint density at radius 3 is 0.882 bits per heavy atom. The lowest BCUT2D eigenvalue weighted by atomic mass is 9.33. The highest BCUT2D eigenvalue weighted by Gasteiger charge is 2.45. The van der Waals surface area contributed by atoms with Crippen LogP contribution in [0.1, 0.15) is 15.9 Å². The third kappa shape index (κ3) is 5.63. The minimum Gasteiger partial charge on any atom is -0.311 e. The number of para-hydroxylation sites is 6. The molecule has 0 saturated heterocycles. The number of carbonyl (C=O) groups excluding carboxylic acids is 1. The van der Waals surface area contributed by atoms with E-state index in [-0.39, 0.29) is 19.2 Å². The molecule has 0 spiro atoms. The molecule has 0 N–H and O–H groups in total. The predicted molar refractivity (Wildman–Crippen MR) is 284 cm³/mol. The summed E-state index contributed by atoms with van der Waals surface area (Å²) in [7, 11) is 0. The minimum absolute atomic E-state index is 0.00343. The summed E-state index contributed by atoms with van der Waals surface area (Å²) in [6.45, 7) is -0.214. The van der Waals surface area contributed by atoms with E-state index in [0.717, 1.165) is 79.2 Å². The molecule has 4 aliphatic rings. The zero-order valence-electron chi connectivity index (χ0n) is 36.9. The maximum absolute atomic E-state index is 15.5. The quantitative estimate of drug-likeness (QED) is 0.123. The van der Waals surface area contributed by atoms with Gasteiger partial charge in [0.1, 0.15) is 0 Å². The molecule has 10 aromatic rings. The van der Waals surface area contributed by atoms with Crippen LogP contribution in [0.15, 0.2) is 243 Å². The first-order valence-corrected chi connectivity index (χ1v) is 23.4. The van der Waals surface area contributed by atoms with Gasteiger partial charge >= 0.3 is 0 Å². The zero-order valence-corrected chi connectivity index (χ0v) is 36.9. The summed E-state index contributed by atoms with van der Waals surface area (Å²) < 4.78 is 0. The van der Waals surface area contributed by atoms with E-state index < -0.39 is 0 Å². The molecule has 5 nitrogen and oxygen atoms in total. The highest BCUT2D eigenvalue weighted by molar-refractivity contribution is 7.01. The van der Waals surface area contributed by atoms with Crippen LogP contribution in [0.4, 0.5) is 68.2 Å². The molecule has 0 radical (unpaired) electrons. The standard InChI is InChI=1S/C61H40B2N4O/c68-61(41-35-37-53-49(39-41)62-47-27-13-15-29-51(47)64(43-19-5-1-6-20-43)55-31-17-33-57(59(55)62)66(53)45-23-9-3-10-24-45)42-36-38-54-50(40-42)63-48-28-14-16-30-52(48)65(44-21-7-2-8-22-44)56-32-18-34-58(60(56)63)67(54)46-25-11-4-12-26-46/h1-40H. The first kappa shape index (κ1) is 38.5. The number of hydrogen-bond donors (Lipinski definition) is 0. The number of anilines is 12. The highest BCUT2D eigenvalue weighted by Crippen LogP contribution is 2.46. The van der Waals surface area contributed by atoms with Crippen molar-refractivity contribution < 1.29 is 4.79 Å². The van der Waals surface area contributed by atoms with Gasteiger partial charge in [-0.25, -0.2) is 0 Å². The van der Waals surface area contributed by atoms with E-state index in [4.69, 9.17) is 0 Å². The summed E-state index contributed by atoms with van der Waals surface area (Å²) in [6.07, 6.45) is 0. The van der Waals surface area contributed by atoms with E-state index in [2.05, 4.69) is 250 Å². The zero-order chi connectivity index (χ0) is 44.9. The molecule has 0 unspecified atom stereocenters. The van der Waals surface area contributed by atoms with Crippen LogP contribution >= 0.6 is 0 Å². The molecule has 0 amide bonds. The van der Waals surface area contributed by atoms with Crippen molar-refractivity contribution in [3.8, 4) is 0 Å². The molecule has 0 fully saturated rings. The third-order valence-corrected chi connectivity index (χ3v) is 14.4. The van der Waals surface area contributed by atoms with Gasteiger partial charge < -0.3 is 19.6 Å². The van der Waals surface area contributed by atoms with Crippen molar-refractivity contribution in [2.24, 2.45) is 0 Å². The van der Waals surface area contributed by atoms with E-state index in [1.807, 2.05) is 12.1 Å². The molecule has 7 heteroatoms. The number of fused-ring (bicyclic) bond motifs is 8. The van der Waals surface area contributed by atoms with Gasteiger partial charge in [-0.15, -0.1) is 0 Å². The fourth-order valence-electron chi connectivity index (χ4n) is 11.6. The van der Waals surface area contributed by atoms with Crippen LogP contribution in [-0.2, 0) is 0 Å². The Labute approximate surface area is 396 Å². The van der Waals surface area contributed by atoms with Crippen LogP contribution in [0.5, 0.6) is 0 Å². The van der Waals surface area contributed by atoms with E-state index in [1.165, 1.54) is 21.9 Å². The summed E-state index contributed by atoms with van der Waals surface area (Å²) >= 11 is 0. The molecule has 10 aromatic carbocycles. The van der Waals surface area contributed by atoms with Gasteiger partial charge in [0.25, 0.3) is 13.4 Å². The Morgan fingerprint density at radius 2 is 0.544 bits per heavy atom. The summed E-state index contributed by atoms with van der Waals surface area (Å²) in [5.74, 6) is -0.00343. The molecule has 14 rings (SSSR count). The SMILES string of the molecule is O=C(c1ccc2c(c1)B1c3ccccc3N(c3ccccc3)c3cccc(c31)N2c1ccccc1)c1ccc2c(c1)B1c3ccccc3N(c3ccccc3)c3cccc(c31)N2c1ccccc1. The topological polar surface area (TPSA) is 30.0 Å². The van der Waals surface area contributed by atoms with Crippen LogP contribution in [0, 0.1) is 0 Å². The van der Waals surface area contributed by atoms with Crippen molar-refractivity contribution in [1.82, 2.24) is 0 Å². The average molecular weight is 867 g/mol. The van der Waals surface area contributed by atoms with Gasteiger partial charge in [-0.3, -0.25) is 4.79 Å². The molecule has 316 valence electrons. The second-order valence-electron chi connectivity index (χ2n) is 18.0. The number of rotatable bonds is 6. The van der Waals surface area contributed by atoms with Crippen LogP contribution in [0.25, 0.3) is 0 Å². The van der Waals surface area contributed by atoms with Crippen molar-refractivity contribution in [2.75, 3.05) is 19.6 Å². The van der Waals surface area contributed by atoms with Crippen LogP contribution in [0.2, 0.25) is 0 Å². The number of benzene rings is 10. The fraction of sp³-hybridized carbons (Fsp3) is 0. The highest BCUT2D eigenvalue weighted by atomic mass is 16.1. The van der Waals surface area contributed by atoms with Gasteiger partial charge in [0.05, 0.1) is 0 Å². The Balaban J connectivity index is 0.952. The van der Waals surface area contributed by atoms with Crippen molar-refractivity contribution in [1.29, 1.82) is 0 Å².